The summed E-state index contributed by atoms with van der Waals surface area (Å²) in [5, 5.41) is 2.55. The molecule has 3 rings (SSSR count). The van der Waals surface area contributed by atoms with E-state index in [1.807, 2.05) is 0 Å². The second-order valence-electron chi connectivity index (χ2n) is 5.07. The molecule has 1 fully saturated rings. The van der Waals surface area contributed by atoms with Crippen LogP contribution < -0.4 is 5.73 Å². The molecule has 17 heavy (non-hydrogen) atoms. The molecular formula is C15H16BrN. The van der Waals surface area contributed by atoms with Gasteiger partial charge in [0.25, 0.3) is 0 Å². The SMILES string of the molecule is NC1(c2ccc3cc(Br)ccc3c2)CCCC1. The molecule has 2 heteroatoms. The van der Waals surface area contributed by atoms with Crippen molar-refractivity contribution in [1.82, 2.24) is 0 Å². The van der Waals surface area contributed by atoms with Gasteiger partial charge >= 0.3 is 0 Å². The molecule has 1 aliphatic carbocycles. The van der Waals surface area contributed by atoms with Gasteiger partial charge in [0, 0.05) is 10.0 Å². The molecule has 0 heterocycles. The summed E-state index contributed by atoms with van der Waals surface area (Å²) in [6.07, 6.45) is 4.76. The third-order valence-electron chi connectivity index (χ3n) is 3.87. The van der Waals surface area contributed by atoms with Gasteiger partial charge in [-0.2, -0.15) is 0 Å². The summed E-state index contributed by atoms with van der Waals surface area (Å²) in [4.78, 5) is 0. The second kappa shape index (κ2) is 4.11. The van der Waals surface area contributed by atoms with Crippen molar-refractivity contribution in [3.8, 4) is 0 Å². The van der Waals surface area contributed by atoms with Crippen molar-refractivity contribution in [1.29, 1.82) is 0 Å². The van der Waals surface area contributed by atoms with Gasteiger partial charge in [0.05, 0.1) is 0 Å². The fraction of sp³-hybridized carbons (Fsp3) is 0.333. The predicted molar refractivity (Wildman–Crippen MR) is 76.0 cm³/mol. The van der Waals surface area contributed by atoms with Crippen molar-refractivity contribution in [2.75, 3.05) is 0 Å². The van der Waals surface area contributed by atoms with Crippen LogP contribution in [-0.2, 0) is 5.54 Å². The smallest absolute Gasteiger partial charge is 0.0409 e. The van der Waals surface area contributed by atoms with Crippen molar-refractivity contribution >= 4 is 26.7 Å². The van der Waals surface area contributed by atoms with E-state index in [0.717, 1.165) is 17.3 Å². The number of hydrogen-bond donors (Lipinski definition) is 1. The van der Waals surface area contributed by atoms with Gasteiger partial charge in [-0.1, -0.05) is 47.0 Å². The van der Waals surface area contributed by atoms with Crippen LogP contribution in [0.1, 0.15) is 31.2 Å². The summed E-state index contributed by atoms with van der Waals surface area (Å²) >= 11 is 3.50. The summed E-state index contributed by atoms with van der Waals surface area (Å²) < 4.78 is 1.13. The number of hydrogen-bond acceptors (Lipinski definition) is 1. The number of benzene rings is 2. The van der Waals surface area contributed by atoms with Crippen molar-refractivity contribution in [2.24, 2.45) is 5.73 Å². The first kappa shape index (κ1) is 11.2. The van der Waals surface area contributed by atoms with Crippen molar-refractivity contribution in [3.63, 3.8) is 0 Å². The number of nitrogens with two attached hydrogens (primary N) is 1. The average Bonchev–Trinajstić information content (AvgIpc) is 2.77. The molecule has 2 aromatic rings. The zero-order valence-electron chi connectivity index (χ0n) is 9.75. The van der Waals surface area contributed by atoms with Crippen LogP contribution in [0.2, 0.25) is 0 Å². The minimum absolute atomic E-state index is 0.0821. The third-order valence-corrected chi connectivity index (χ3v) is 4.37. The molecule has 0 radical (unpaired) electrons. The molecule has 0 atom stereocenters. The van der Waals surface area contributed by atoms with E-state index in [-0.39, 0.29) is 5.54 Å². The largest absolute Gasteiger partial charge is 0.321 e. The first-order chi connectivity index (χ1) is 8.17. The summed E-state index contributed by atoms with van der Waals surface area (Å²) in [6, 6.07) is 13.0. The summed E-state index contributed by atoms with van der Waals surface area (Å²) in [5.74, 6) is 0. The molecule has 1 aliphatic rings. The van der Waals surface area contributed by atoms with E-state index < -0.39 is 0 Å². The zero-order chi connectivity index (χ0) is 11.9. The number of halogens is 1. The second-order valence-corrected chi connectivity index (χ2v) is 5.99. The summed E-state index contributed by atoms with van der Waals surface area (Å²) in [7, 11) is 0. The number of rotatable bonds is 1. The molecule has 1 saturated carbocycles. The van der Waals surface area contributed by atoms with E-state index in [1.165, 1.54) is 29.2 Å². The Kier molecular flexibility index (Phi) is 2.72. The molecule has 0 spiro atoms. The van der Waals surface area contributed by atoms with E-state index in [2.05, 4.69) is 52.3 Å². The van der Waals surface area contributed by atoms with E-state index >= 15 is 0 Å². The van der Waals surface area contributed by atoms with Crippen LogP contribution in [-0.4, -0.2) is 0 Å². The van der Waals surface area contributed by atoms with Crippen LogP contribution in [0.15, 0.2) is 40.9 Å². The fourth-order valence-corrected chi connectivity index (χ4v) is 3.20. The van der Waals surface area contributed by atoms with Crippen LogP contribution in [0.5, 0.6) is 0 Å². The van der Waals surface area contributed by atoms with Gasteiger partial charge in [-0.25, -0.2) is 0 Å². The van der Waals surface area contributed by atoms with Crippen molar-refractivity contribution in [2.45, 2.75) is 31.2 Å². The standard InChI is InChI=1S/C15H16BrN/c16-14-6-4-11-9-13(5-3-12(11)10-14)15(17)7-1-2-8-15/h3-6,9-10H,1-2,7-8,17H2. The van der Waals surface area contributed by atoms with E-state index in [1.54, 1.807) is 0 Å². The Labute approximate surface area is 110 Å². The minimum atomic E-state index is -0.0821. The van der Waals surface area contributed by atoms with Crippen LogP contribution in [0.25, 0.3) is 10.8 Å². The van der Waals surface area contributed by atoms with E-state index in [0.29, 0.717) is 0 Å². The van der Waals surface area contributed by atoms with E-state index in [9.17, 15) is 0 Å². The molecule has 0 amide bonds. The quantitative estimate of drug-likeness (QED) is 0.831. The molecule has 0 saturated heterocycles. The van der Waals surface area contributed by atoms with Crippen LogP contribution in [0, 0.1) is 0 Å². The molecular weight excluding hydrogens is 274 g/mol. The molecule has 0 unspecified atom stereocenters. The highest BCUT2D eigenvalue weighted by Crippen LogP contribution is 2.37. The minimum Gasteiger partial charge on any atom is -0.321 e. The van der Waals surface area contributed by atoms with Crippen molar-refractivity contribution in [3.05, 3.63) is 46.4 Å². The molecule has 0 aromatic heterocycles. The lowest BCUT2D eigenvalue weighted by Crippen LogP contribution is -2.32. The molecule has 88 valence electrons. The highest BCUT2D eigenvalue weighted by atomic mass is 79.9. The Bertz CT molecular complexity index is 556. The highest BCUT2D eigenvalue weighted by Gasteiger charge is 2.31. The summed E-state index contributed by atoms with van der Waals surface area (Å²) in [5.41, 5.74) is 7.71. The molecule has 1 nitrogen and oxygen atoms in total. The third kappa shape index (κ3) is 2.00. The van der Waals surface area contributed by atoms with Crippen LogP contribution in [0.3, 0.4) is 0 Å². The van der Waals surface area contributed by atoms with Gasteiger partial charge in [0.2, 0.25) is 0 Å². The van der Waals surface area contributed by atoms with Gasteiger partial charge < -0.3 is 5.73 Å². The molecule has 2 aromatic carbocycles. The maximum atomic E-state index is 6.49. The lowest BCUT2D eigenvalue weighted by atomic mass is 9.88. The van der Waals surface area contributed by atoms with Gasteiger partial charge in [-0.05, 0) is 47.4 Å². The maximum absolute atomic E-state index is 6.49. The first-order valence-electron chi connectivity index (χ1n) is 6.16. The average molecular weight is 290 g/mol. The highest BCUT2D eigenvalue weighted by molar-refractivity contribution is 9.10. The molecule has 0 bridgehead atoms. The maximum Gasteiger partial charge on any atom is 0.0409 e. The Hall–Kier alpha value is -0.860. The van der Waals surface area contributed by atoms with Crippen molar-refractivity contribution < 1.29 is 0 Å². The zero-order valence-corrected chi connectivity index (χ0v) is 11.3. The Balaban J connectivity index is 2.10. The van der Waals surface area contributed by atoms with Gasteiger partial charge in [-0.15, -0.1) is 0 Å². The lowest BCUT2D eigenvalue weighted by Gasteiger charge is -2.24. The first-order valence-corrected chi connectivity index (χ1v) is 6.95. The predicted octanol–water partition coefficient (Wildman–Crippen LogP) is 4.33. The topological polar surface area (TPSA) is 26.0 Å². The van der Waals surface area contributed by atoms with Gasteiger partial charge in [0.1, 0.15) is 0 Å². The van der Waals surface area contributed by atoms with Gasteiger partial charge in [0.15, 0.2) is 0 Å². The monoisotopic (exact) mass is 289 g/mol. The fourth-order valence-electron chi connectivity index (χ4n) is 2.82. The van der Waals surface area contributed by atoms with E-state index in [4.69, 9.17) is 5.73 Å². The summed E-state index contributed by atoms with van der Waals surface area (Å²) in [6.45, 7) is 0. The molecule has 0 aliphatic heterocycles. The normalized spacial score (nSPS) is 18.7. The van der Waals surface area contributed by atoms with Crippen LogP contribution >= 0.6 is 15.9 Å². The molecule has 2 N–H and O–H groups in total. The lowest BCUT2D eigenvalue weighted by molar-refractivity contribution is 0.462. The number of fused-ring (bicyclic) bond motifs is 1. The Morgan fingerprint density at radius 3 is 2.35 bits per heavy atom. The van der Waals surface area contributed by atoms with Crippen LogP contribution in [0.4, 0.5) is 0 Å². The Morgan fingerprint density at radius 1 is 0.941 bits per heavy atom. The Morgan fingerprint density at radius 2 is 1.59 bits per heavy atom. The van der Waals surface area contributed by atoms with Gasteiger partial charge in [-0.3, -0.25) is 0 Å².